The summed E-state index contributed by atoms with van der Waals surface area (Å²) < 4.78 is 12.2. The largest absolute Gasteiger partial charge is 0.495 e. The molecule has 2 aromatic heterocycles. The van der Waals surface area contributed by atoms with E-state index in [4.69, 9.17) is 14.5 Å². The number of thioether (sulfide) groups is 1. The number of benzene rings is 2. The lowest BCUT2D eigenvalue weighted by Gasteiger charge is -2.34. The smallest absolute Gasteiger partial charge is 0.409 e. The summed E-state index contributed by atoms with van der Waals surface area (Å²) in [6.07, 6.45) is -0.360. The predicted molar refractivity (Wildman–Crippen MR) is 146 cm³/mol. The number of rotatable bonds is 6. The third-order valence-electron chi connectivity index (χ3n) is 6.55. The lowest BCUT2D eigenvalue weighted by atomic mass is 10.2. The van der Waals surface area contributed by atoms with Crippen LogP contribution in [0.5, 0.6) is 5.75 Å². The van der Waals surface area contributed by atoms with Crippen LogP contribution in [0.4, 0.5) is 4.79 Å². The maximum absolute atomic E-state index is 13.9. The lowest BCUT2D eigenvalue weighted by molar-refractivity contribution is -0.129. The summed E-state index contributed by atoms with van der Waals surface area (Å²) in [6, 6.07) is 13.2. The number of amides is 2. The number of H-pyrrole nitrogens is 1. The number of aryl methyl sites for hydroxylation is 1. The van der Waals surface area contributed by atoms with Crippen LogP contribution in [0.3, 0.4) is 0 Å². The van der Waals surface area contributed by atoms with Crippen molar-refractivity contribution in [1.82, 2.24) is 24.3 Å². The molecule has 2 amide bonds. The first-order valence-electron chi connectivity index (χ1n) is 12.4. The van der Waals surface area contributed by atoms with E-state index in [-0.39, 0.29) is 23.3 Å². The maximum atomic E-state index is 13.9. The van der Waals surface area contributed by atoms with Crippen molar-refractivity contribution in [1.29, 1.82) is 0 Å². The van der Waals surface area contributed by atoms with Crippen LogP contribution in [0, 0.1) is 6.92 Å². The first-order valence-corrected chi connectivity index (χ1v) is 13.4. The second-order valence-electron chi connectivity index (χ2n) is 8.96. The van der Waals surface area contributed by atoms with Gasteiger partial charge in [0.2, 0.25) is 5.91 Å². The van der Waals surface area contributed by atoms with Crippen LogP contribution in [0.15, 0.2) is 52.4 Å². The van der Waals surface area contributed by atoms with Crippen LogP contribution in [-0.2, 0) is 9.53 Å². The molecule has 1 N–H and O–H groups in total. The molecule has 3 heterocycles. The molecule has 0 bridgehead atoms. The van der Waals surface area contributed by atoms with Crippen molar-refractivity contribution >= 4 is 45.7 Å². The third-order valence-corrected chi connectivity index (χ3v) is 7.48. The van der Waals surface area contributed by atoms with Crippen LogP contribution in [-0.4, -0.2) is 82.0 Å². The standard InChI is InChI=1S/C27H29N5O5S/c1-4-37-27(35)31-13-11-30(12-14-31)22(33)16-38-26-29-23-18-7-5-6-8-19(18)28-24(23)25(34)32(26)20-15-17(2)9-10-21(20)36-3/h5-10,15,28H,4,11-14,16H2,1-3H3. The summed E-state index contributed by atoms with van der Waals surface area (Å²) in [4.78, 5) is 50.4. The van der Waals surface area contributed by atoms with E-state index in [0.29, 0.717) is 60.4 Å². The van der Waals surface area contributed by atoms with E-state index in [0.717, 1.165) is 16.5 Å². The molecule has 0 saturated carbocycles. The Morgan fingerprint density at radius 3 is 2.55 bits per heavy atom. The van der Waals surface area contributed by atoms with Gasteiger partial charge in [-0.05, 0) is 37.6 Å². The molecule has 1 aliphatic heterocycles. The van der Waals surface area contributed by atoms with E-state index in [1.54, 1.807) is 23.8 Å². The summed E-state index contributed by atoms with van der Waals surface area (Å²) in [5, 5.41) is 1.24. The molecular formula is C27H29N5O5S. The summed E-state index contributed by atoms with van der Waals surface area (Å²) in [7, 11) is 1.56. The second kappa shape index (κ2) is 10.8. The third kappa shape index (κ3) is 4.81. The topological polar surface area (TPSA) is 110 Å². The van der Waals surface area contributed by atoms with Gasteiger partial charge in [-0.2, -0.15) is 0 Å². The van der Waals surface area contributed by atoms with Gasteiger partial charge in [0.15, 0.2) is 5.16 Å². The van der Waals surface area contributed by atoms with Crippen molar-refractivity contribution in [3.05, 3.63) is 58.4 Å². The summed E-state index contributed by atoms with van der Waals surface area (Å²) in [6.45, 7) is 5.70. The van der Waals surface area contributed by atoms with E-state index in [9.17, 15) is 14.4 Å². The highest BCUT2D eigenvalue weighted by Gasteiger charge is 2.26. The van der Waals surface area contributed by atoms with Gasteiger partial charge in [-0.15, -0.1) is 0 Å². The fourth-order valence-corrected chi connectivity index (χ4v) is 5.50. The van der Waals surface area contributed by atoms with Crippen molar-refractivity contribution in [3.63, 3.8) is 0 Å². The van der Waals surface area contributed by atoms with Gasteiger partial charge in [0.25, 0.3) is 5.56 Å². The van der Waals surface area contributed by atoms with Gasteiger partial charge >= 0.3 is 6.09 Å². The molecule has 11 heteroatoms. The number of hydrogen-bond acceptors (Lipinski definition) is 7. The van der Waals surface area contributed by atoms with Crippen LogP contribution >= 0.6 is 11.8 Å². The number of aromatic nitrogens is 3. The van der Waals surface area contributed by atoms with E-state index in [2.05, 4.69) is 4.98 Å². The molecule has 0 atom stereocenters. The molecule has 1 fully saturated rings. The van der Waals surface area contributed by atoms with Crippen molar-refractivity contribution in [2.75, 3.05) is 45.6 Å². The number of aromatic amines is 1. The van der Waals surface area contributed by atoms with Gasteiger partial charge in [-0.25, -0.2) is 14.3 Å². The Hall–Kier alpha value is -3.99. The fraction of sp³-hybridized carbons (Fsp3) is 0.333. The average Bonchev–Trinajstić information content (AvgIpc) is 3.31. The number of hydrogen-bond donors (Lipinski definition) is 1. The zero-order valence-electron chi connectivity index (χ0n) is 21.5. The van der Waals surface area contributed by atoms with Crippen molar-refractivity contribution < 1.29 is 19.1 Å². The Balaban J connectivity index is 1.48. The first-order chi connectivity index (χ1) is 18.4. The molecule has 1 saturated heterocycles. The maximum Gasteiger partial charge on any atom is 0.409 e. The Morgan fingerprint density at radius 2 is 1.82 bits per heavy atom. The second-order valence-corrected chi connectivity index (χ2v) is 9.90. The normalized spacial score (nSPS) is 13.8. The van der Waals surface area contributed by atoms with Crippen LogP contribution in [0.2, 0.25) is 0 Å². The van der Waals surface area contributed by atoms with E-state index in [1.807, 2.05) is 49.4 Å². The number of nitrogens with one attached hydrogen (secondary N) is 1. The molecule has 1 aliphatic rings. The number of ether oxygens (including phenoxy) is 2. The molecule has 4 aromatic rings. The molecule has 38 heavy (non-hydrogen) atoms. The Kier molecular flexibility index (Phi) is 7.28. The average molecular weight is 536 g/mol. The Labute approximate surface area is 223 Å². The SMILES string of the molecule is CCOC(=O)N1CCN(C(=O)CSc2nc3c([nH]c4ccccc43)c(=O)n2-c2cc(C)ccc2OC)CC1. The minimum Gasteiger partial charge on any atom is -0.495 e. The molecule has 0 unspecified atom stereocenters. The summed E-state index contributed by atoms with van der Waals surface area (Å²) in [5.41, 5.74) is 3.01. The van der Waals surface area contributed by atoms with E-state index in [1.165, 1.54) is 16.3 Å². The molecular weight excluding hydrogens is 506 g/mol. The number of carbonyl (C=O) groups is 2. The van der Waals surface area contributed by atoms with Gasteiger partial charge in [0.1, 0.15) is 16.8 Å². The summed E-state index contributed by atoms with van der Waals surface area (Å²) in [5.74, 6) is 0.529. The number of nitrogens with zero attached hydrogens (tertiary/aromatic N) is 4. The van der Waals surface area contributed by atoms with Gasteiger partial charge in [0.05, 0.1) is 25.2 Å². The minimum absolute atomic E-state index is 0.0884. The number of methoxy groups -OCH3 is 1. The van der Waals surface area contributed by atoms with Gasteiger partial charge in [-0.1, -0.05) is 36.0 Å². The zero-order valence-corrected chi connectivity index (χ0v) is 22.3. The molecule has 0 spiro atoms. The predicted octanol–water partition coefficient (Wildman–Crippen LogP) is 3.58. The zero-order chi connectivity index (χ0) is 26.8. The van der Waals surface area contributed by atoms with Gasteiger partial charge in [-0.3, -0.25) is 9.59 Å². The molecule has 0 aliphatic carbocycles. The molecule has 5 rings (SSSR count). The molecule has 2 aromatic carbocycles. The van der Waals surface area contributed by atoms with Crippen LogP contribution in [0.25, 0.3) is 27.6 Å². The van der Waals surface area contributed by atoms with Crippen LogP contribution < -0.4 is 10.3 Å². The van der Waals surface area contributed by atoms with E-state index >= 15 is 0 Å². The molecule has 0 radical (unpaired) electrons. The molecule has 10 nitrogen and oxygen atoms in total. The minimum atomic E-state index is -0.360. The van der Waals surface area contributed by atoms with Gasteiger partial charge in [0, 0.05) is 37.1 Å². The Morgan fingerprint density at radius 1 is 1.08 bits per heavy atom. The highest BCUT2D eigenvalue weighted by atomic mass is 32.2. The van der Waals surface area contributed by atoms with Gasteiger partial charge < -0.3 is 24.3 Å². The monoisotopic (exact) mass is 535 g/mol. The van der Waals surface area contributed by atoms with Crippen molar-refractivity contribution in [2.45, 2.75) is 19.0 Å². The number of para-hydroxylation sites is 1. The number of piperazine rings is 1. The Bertz CT molecular complexity index is 1570. The highest BCUT2D eigenvalue weighted by molar-refractivity contribution is 7.99. The highest BCUT2D eigenvalue weighted by Crippen LogP contribution is 2.30. The van der Waals surface area contributed by atoms with Crippen molar-refractivity contribution in [2.24, 2.45) is 0 Å². The van der Waals surface area contributed by atoms with Crippen molar-refractivity contribution in [3.8, 4) is 11.4 Å². The van der Waals surface area contributed by atoms with E-state index < -0.39 is 0 Å². The summed E-state index contributed by atoms with van der Waals surface area (Å²) >= 11 is 1.21. The first kappa shape index (κ1) is 25.7. The lowest BCUT2D eigenvalue weighted by Crippen LogP contribution is -2.51. The number of carbonyl (C=O) groups excluding carboxylic acids is 2. The van der Waals surface area contributed by atoms with Crippen LogP contribution in [0.1, 0.15) is 12.5 Å². The number of fused-ring (bicyclic) bond motifs is 3. The quantitative estimate of drug-likeness (QED) is 0.297. The fourth-order valence-electron chi connectivity index (χ4n) is 4.60. The molecule has 198 valence electrons.